The summed E-state index contributed by atoms with van der Waals surface area (Å²) in [5, 5.41) is 8.36. The third-order valence-corrected chi connectivity index (χ3v) is 6.06. The first-order chi connectivity index (χ1) is 15.2. The van der Waals surface area contributed by atoms with Gasteiger partial charge in [0.2, 0.25) is 0 Å². The van der Waals surface area contributed by atoms with Gasteiger partial charge in [0.1, 0.15) is 5.82 Å². The molecule has 2 aromatic carbocycles. The molecule has 0 amide bonds. The van der Waals surface area contributed by atoms with E-state index in [9.17, 15) is 4.39 Å². The zero-order chi connectivity index (χ0) is 21.5. The minimum atomic E-state index is -0.174. The van der Waals surface area contributed by atoms with Crippen LogP contribution in [0.3, 0.4) is 0 Å². The molecule has 3 N–H and O–H groups in total. The van der Waals surface area contributed by atoms with Crippen LogP contribution in [0.4, 0.5) is 4.39 Å². The number of para-hydroxylation sites is 1. The van der Waals surface area contributed by atoms with E-state index in [0.717, 1.165) is 57.8 Å². The van der Waals surface area contributed by atoms with Crippen molar-refractivity contribution >= 4 is 16.9 Å². The van der Waals surface area contributed by atoms with E-state index in [4.69, 9.17) is 0 Å². The number of hydrogen-bond acceptors (Lipinski definition) is 2. The summed E-state index contributed by atoms with van der Waals surface area (Å²) >= 11 is 0. The van der Waals surface area contributed by atoms with Gasteiger partial charge in [-0.15, -0.1) is 0 Å². The van der Waals surface area contributed by atoms with Crippen molar-refractivity contribution in [1.82, 2.24) is 20.5 Å². The van der Waals surface area contributed by atoms with Crippen LogP contribution in [-0.4, -0.2) is 48.6 Å². The first-order valence-electron chi connectivity index (χ1n) is 11.2. The van der Waals surface area contributed by atoms with Crippen molar-refractivity contribution in [1.29, 1.82) is 0 Å². The van der Waals surface area contributed by atoms with Gasteiger partial charge in [-0.1, -0.05) is 30.3 Å². The Morgan fingerprint density at radius 3 is 2.68 bits per heavy atom. The average Bonchev–Trinajstić information content (AvgIpc) is 3.22. The number of piperidine rings is 1. The van der Waals surface area contributed by atoms with Gasteiger partial charge in [-0.05, 0) is 55.0 Å². The van der Waals surface area contributed by atoms with Crippen molar-refractivity contribution in [3.8, 4) is 0 Å². The van der Waals surface area contributed by atoms with Crippen LogP contribution in [0.15, 0.2) is 59.7 Å². The maximum atomic E-state index is 13.1. The lowest BCUT2D eigenvalue weighted by Gasteiger charge is -2.33. The standard InChI is InChI=1S/C25H32FN5/c1-27-25(28-14-4-5-20-17-29-24-7-3-2-6-23(20)24)30-22-12-15-31(16-13-22)18-19-8-10-21(26)11-9-19/h2-3,6-11,17,22,29H,4-5,12-16,18H2,1H3,(H2,27,28,30). The number of nitrogens with zero attached hydrogens (tertiary/aromatic N) is 2. The topological polar surface area (TPSA) is 55.5 Å². The zero-order valence-corrected chi connectivity index (χ0v) is 18.2. The highest BCUT2D eigenvalue weighted by Gasteiger charge is 2.20. The summed E-state index contributed by atoms with van der Waals surface area (Å²) in [7, 11) is 1.83. The van der Waals surface area contributed by atoms with E-state index in [0.29, 0.717) is 6.04 Å². The maximum Gasteiger partial charge on any atom is 0.191 e. The molecule has 1 aliphatic rings. The molecule has 0 unspecified atom stereocenters. The summed E-state index contributed by atoms with van der Waals surface area (Å²) in [5.41, 5.74) is 3.74. The molecule has 0 saturated carbocycles. The SMILES string of the molecule is CN=C(NCCCc1c[nH]c2ccccc12)NC1CCN(Cc2ccc(F)cc2)CC1. The molecule has 0 aliphatic carbocycles. The monoisotopic (exact) mass is 421 g/mol. The van der Waals surface area contributed by atoms with Crippen molar-refractivity contribution in [2.24, 2.45) is 4.99 Å². The van der Waals surface area contributed by atoms with Gasteiger partial charge in [0.25, 0.3) is 0 Å². The minimum Gasteiger partial charge on any atom is -0.361 e. The van der Waals surface area contributed by atoms with Gasteiger partial charge in [-0.3, -0.25) is 9.89 Å². The second-order valence-corrected chi connectivity index (χ2v) is 8.28. The number of likely N-dealkylation sites (tertiary alicyclic amines) is 1. The molecule has 0 radical (unpaired) electrons. The van der Waals surface area contributed by atoms with E-state index in [1.807, 2.05) is 19.2 Å². The highest BCUT2D eigenvalue weighted by atomic mass is 19.1. The van der Waals surface area contributed by atoms with Crippen molar-refractivity contribution in [2.75, 3.05) is 26.7 Å². The van der Waals surface area contributed by atoms with Gasteiger partial charge in [-0.2, -0.15) is 0 Å². The number of nitrogens with one attached hydrogen (secondary N) is 3. The largest absolute Gasteiger partial charge is 0.361 e. The normalized spacial score (nSPS) is 16.0. The Labute approximate surface area is 183 Å². The van der Waals surface area contributed by atoms with Crippen molar-refractivity contribution in [3.05, 3.63) is 71.7 Å². The predicted molar refractivity (Wildman–Crippen MR) is 126 cm³/mol. The highest BCUT2D eigenvalue weighted by Crippen LogP contribution is 2.19. The molecule has 6 heteroatoms. The number of benzene rings is 2. The Morgan fingerprint density at radius 1 is 1.13 bits per heavy atom. The van der Waals surface area contributed by atoms with Crippen molar-refractivity contribution < 1.29 is 4.39 Å². The number of rotatable bonds is 7. The summed E-state index contributed by atoms with van der Waals surface area (Å²) in [6.07, 6.45) is 6.38. The predicted octanol–water partition coefficient (Wildman–Crippen LogP) is 4.07. The number of guanidine groups is 1. The summed E-state index contributed by atoms with van der Waals surface area (Å²) in [5.74, 6) is 0.711. The molecule has 0 atom stereocenters. The molecule has 0 spiro atoms. The van der Waals surface area contributed by atoms with E-state index >= 15 is 0 Å². The van der Waals surface area contributed by atoms with E-state index in [1.165, 1.54) is 34.2 Å². The molecule has 2 heterocycles. The van der Waals surface area contributed by atoms with Gasteiger partial charge < -0.3 is 15.6 Å². The average molecular weight is 422 g/mol. The Morgan fingerprint density at radius 2 is 1.90 bits per heavy atom. The third kappa shape index (κ3) is 5.85. The quantitative estimate of drug-likeness (QED) is 0.306. The van der Waals surface area contributed by atoms with Crippen LogP contribution in [0, 0.1) is 5.82 Å². The number of aromatic amines is 1. The van der Waals surface area contributed by atoms with Crippen LogP contribution in [0.1, 0.15) is 30.4 Å². The molecule has 1 aliphatic heterocycles. The van der Waals surface area contributed by atoms with Crippen LogP contribution >= 0.6 is 0 Å². The first kappa shape index (κ1) is 21.4. The second kappa shape index (κ2) is 10.4. The smallest absolute Gasteiger partial charge is 0.191 e. The van der Waals surface area contributed by atoms with Crippen LogP contribution in [0.5, 0.6) is 0 Å². The number of fused-ring (bicyclic) bond motifs is 1. The summed E-state index contributed by atoms with van der Waals surface area (Å²) < 4.78 is 13.1. The highest BCUT2D eigenvalue weighted by molar-refractivity contribution is 5.83. The summed E-state index contributed by atoms with van der Waals surface area (Å²) in [6.45, 7) is 3.84. The van der Waals surface area contributed by atoms with E-state index in [-0.39, 0.29) is 5.82 Å². The van der Waals surface area contributed by atoms with Gasteiger partial charge in [0.15, 0.2) is 5.96 Å². The molecular formula is C25H32FN5. The molecule has 5 nitrogen and oxygen atoms in total. The van der Waals surface area contributed by atoms with Crippen LogP contribution < -0.4 is 10.6 Å². The second-order valence-electron chi connectivity index (χ2n) is 8.28. The van der Waals surface area contributed by atoms with E-state index in [2.05, 4.69) is 56.0 Å². The number of H-pyrrole nitrogens is 1. The Bertz CT molecular complexity index is 987. The third-order valence-electron chi connectivity index (χ3n) is 6.06. The number of halogens is 1. The molecule has 164 valence electrons. The fourth-order valence-electron chi connectivity index (χ4n) is 4.30. The van der Waals surface area contributed by atoms with Gasteiger partial charge in [-0.25, -0.2) is 4.39 Å². The zero-order valence-electron chi connectivity index (χ0n) is 18.2. The van der Waals surface area contributed by atoms with Crippen molar-refractivity contribution in [3.63, 3.8) is 0 Å². The van der Waals surface area contributed by atoms with E-state index in [1.54, 1.807) is 0 Å². The van der Waals surface area contributed by atoms with Gasteiger partial charge in [0.05, 0.1) is 0 Å². The molecule has 4 rings (SSSR count). The van der Waals surface area contributed by atoms with E-state index < -0.39 is 0 Å². The molecule has 1 saturated heterocycles. The maximum absolute atomic E-state index is 13.1. The summed E-state index contributed by atoms with van der Waals surface area (Å²) in [6, 6.07) is 15.7. The Balaban J connectivity index is 1.16. The molecule has 3 aromatic rings. The fraction of sp³-hybridized carbons (Fsp3) is 0.400. The van der Waals surface area contributed by atoms with Crippen LogP contribution in [-0.2, 0) is 13.0 Å². The minimum absolute atomic E-state index is 0.174. The first-order valence-corrected chi connectivity index (χ1v) is 11.2. The number of aryl methyl sites for hydroxylation is 1. The fourth-order valence-corrected chi connectivity index (χ4v) is 4.30. The molecule has 31 heavy (non-hydrogen) atoms. The number of aliphatic imine (C=N–C) groups is 1. The molecule has 1 fully saturated rings. The van der Waals surface area contributed by atoms with Gasteiger partial charge in [0, 0.05) is 56.4 Å². The molecule has 1 aromatic heterocycles. The molecule has 0 bridgehead atoms. The number of hydrogen-bond donors (Lipinski definition) is 3. The lowest BCUT2D eigenvalue weighted by molar-refractivity contribution is 0.198. The van der Waals surface area contributed by atoms with Gasteiger partial charge >= 0.3 is 0 Å². The lowest BCUT2D eigenvalue weighted by Crippen LogP contribution is -2.48. The van der Waals surface area contributed by atoms with Crippen molar-refractivity contribution in [2.45, 2.75) is 38.3 Å². The summed E-state index contributed by atoms with van der Waals surface area (Å²) in [4.78, 5) is 10.2. The molecular weight excluding hydrogens is 389 g/mol. The Kier molecular flexibility index (Phi) is 7.20. The van der Waals surface area contributed by atoms with Crippen LogP contribution in [0.25, 0.3) is 10.9 Å². The Hall–Kier alpha value is -2.86. The van der Waals surface area contributed by atoms with Crippen LogP contribution in [0.2, 0.25) is 0 Å². The lowest BCUT2D eigenvalue weighted by atomic mass is 10.0. The number of aromatic nitrogens is 1.